The van der Waals surface area contributed by atoms with E-state index in [1.165, 1.54) is 0 Å². The number of benzene rings is 2. The molecule has 0 aliphatic heterocycles. The Morgan fingerprint density at radius 3 is 2.79 bits per heavy atom. The van der Waals surface area contributed by atoms with Gasteiger partial charge in [-0.15, -0.1) is 0 Å². The second-order valence-corrected chi connectivity index (χ2v) is 6.34. The third-order valence-electron chi connectivity index (χ3n) is 4.27. The Labute approximate surface area is 165 Å². The van der Waals surface area contributed by atoms with E-state index < -0.39 is 0 Å². The topological polar surface area (TPSA) is 67.5 Å². The molecule has 28 heavy (non-hydrogen) atoms. The molecule has 144 valence electrons. The van der Waals surface area contributed by atoms with E-state index in [1.807, 2.05) is 86.7 Å². The minimum absolute atomic E-state index is 0.344. The zero-order valence-corrected chi connectivity index (χ0v) is 16.1. The second kappa shape index (κ2) is 9.69. The summed E-state index contributed by atoms with van der Waals surface area (Å²) in [6, 6.07) is 17.8. The number of rotatable bonds is 8. The summed E-state index contributed by atoms with van der Waals surface area (Å²) in [7, 11) is 0. The van der Waals surface area contributed by atoms with Gasteiger partial charge in [-0.2, -0.15) is 0 Å². The van der Waals surface area contributed by atoms with Crippen LogP contribution in [0.1, 0.15) is 23.9 Å². The predicted molar refractivity (Wildman–Crippen MR) is 110 cm³/mol. The van der Waals surface area contributed by atoms with Crippen molar-refractivity contribution in [3.8, 4) is 17.2 Å². The monoisotopic (exact) mass is 376 g/mol. The van der Waals surface area contributed by atoms with E-state index in [2.05, 4.69) is 10.5 Å². The van der Waals surface area contributed by atoms with Crippen molar-refractivity contribution in [2.24, 2.45) is 0 Å². The fourth-order valence-corrected chi connectivity index (χ4v) is 2.68. The second-order valence-electron chi connectivity index (χ2n) is 6.34. The minimum atomic E-state index is 0.344. The summed E-state index contributed by atoms with van der Waals surface area (Å²) in [5.74, 6) is 2.14. The van der Waals surface area contributed by atoms with Gasteiger partial charge in [-0.25, -0.2) is 10.5 Å². The lowest BCUT2D eigenvalue weighted by Crippen LogP contribution is -2.04. The zero-order valence-electron chi connectivity index (χ0n) is 16.1. The molecule has 3 rings (SSSR count). The SMILES string of the molecule is C/C(=C/C=C/CNO)c1cccc(OCc2nc(-c3ccccc3)oc2C)c1. The van der Waals surface area contributed by atoms with Crippen LogP contribution >= 0.6 is 0 Å². The summed E-state index contributed by atoms with van der Waals surface area (Å²) in [4.78, 5) is 4.57. The first-order chi connectivity index (χ1) is 13.7. The molecule has 5 heteroatoms. The molecule has 2 aromatic carbocycles. The highest BCUT2D eigenvalue weighted by Gasteiger charge is 2.12. The molecule has 1 heterocycles. The van der Waals surface area contributed by atoms with Crippen molar-refractivity contribution in [3.63, 3.8) is 0 Å². The number of oxazole rings is 1. The minimum Gasteiger partial charge on any atom is -0.487 e. The van der Waals surface area contributed by atoms with Gasteiger partial charge in [-0.3, -0.25) is 0 Å². The number of ether oxygens (including phenoxy) is 1. The van der Waals surface area contributed by atoms with Gasteiger partial charge in [0.25, 0.3) is 0 Å². The van der Waals surface area contributed by atoms with Crippen LogP contribution in [0.25, 0.3) is 17.0 Å². The Balaban J connectivity index is 1.68. The van der Waals surface area contributed by atoms with Crippen LogP contribution in [0, 0.1) is 6.92 Å². The first-order valence-electron chi connectivity index (χ1n) is 9.12. The number of hydrogen-bond donors (Lipinski definition) is 2. The molecule has 2 N–H and O–H groups in total. The number of hydrogen-bond acceptors (Lipinski definition) is 5. The maximum absolute atomic E-state index is 8.57. The third kappa shape index (κ3) is 5.19. The number of nitrogens with zero attached hydrogens (tertiary/aromatic N) is 1. The van der Waals surface area contributed by atoms with Crippen LogP contribution in [0.4, 0.5) is 0 Å². The largest absolute Gasteiger partial charge is 0.487 e. The molecule has 0 saturated heterocycles. The Bertz CT molecular complexity index is 959. The molecule has 0 fully saturated rings. The lowest BCUT2D eigenvalue weighted by molar-refractivity contribution is 0.179. The maximum atomic E-state index is 8.57. The molecular formula is C23H24N2O3. The third-order valence-corrected chi connectivity index (χ3v) is 4.27. The molecule has 3 aromatic rings. The maximum Gasteiger partial charge on any atom is 0.226 e. The first kappa shape index (κ1) is 19.6. The molecule has 0 amide bonds. The molecule has 1 aromatic heterocycles. The van der Waals surface area contributed by atoms with Crippen LogP contribution < -0.4 is 10.2 Å². The van der Waals surface area contributed by atoms with Gasteiger partial charge < -0.3 is 14.4 Å². The van der Waals surface area contributed by atoms with E-state index in [9.17, 15) is 0 Å². The Morgan fingerprint density at radius 1 is 1.18 bits per heavy atom. The summed E-state index contributed by atoms with van der Waals surface area (Å²) >= 11 is 0. The highest BCUT2D eigenvalue weighted by atomic mass is 16.5. The molecular weight excluding hydrogens is 352 g/mol. The smallest absolute Gasteiger partial charge is 0.226 e. The van der Waals surface area contributed by atoms with Crippen LogP contribution in [-0.2, 0) is 6.61 Å². The Morgan fingerprint density at radius 2 is 2.00 bits per heavy atom. The van der Waals surface area contributed by atoms with Crippen molar-refractivity contribution >= 4 is 5.57 Å². The zero-order chi connectivity index (χ0) is 19.8. The van der Waals surface area contributed by atoms with Crippen LogP contribution in [0.2, 0.25) is 0 Å². The molecule has 0 spiro atoms. The molecule has 0 radical (unpaired) electrons. The molecule has 0 bridgehead atoms. The van der Waals surface area contributed by atoms with Crippen LogP contribution in [0.3, 0.4) is 0 Å². The summed E-state index contributed by atoms with van der Waals surface area (Å²) in [5, 5.41) is 8.57. The molecule has 5 nitrogen and oxygen atoms in total. The standard InChI is InChI=1S/C23H24N2O3/c1-17(9-6-7-14-24-26)20-12-8-13-21(15-20)27-16-22-18(2)28-23(25-22)19-10-4-3-5-11-19/h3-13,15,24,26H,14,16H2,1-2H3/b7-6+,17-9-. The van der Waals surface area contributed by atoms with Gasteiger partial charge in [0.2, 0.25) is 5.89 Å². The molecule has 0 aliphatic carbocycles. The van der Waals surface area contributed by atoms with Crippen molar-refractivity contribution in [3.05, 3.63) is 89.8 Å². The fraction of sp³-hybridized carbons (Fsp3) is 0.174. The van der Waals surface area contributed by atoms with E-state index >= 15 is 0 Å². The first-order valence-corrected chi connectivity index (χ1v) is 9.12. The summed E-state index contributed by atoms with van der Waals surface area (Å²) in [6.45, 7) is 4.68. The Kier molecular flexibility index (Phi) is 6.78. The average molecular weight is 376 g/mol. The van der Waals surface area contributed by atoms with Gasteiger partial charge in [-0.1, -0.05) is 48.6 Å². The fourth-order valence-electron chi connectivity index (χ4n) is 2.68. The van der Waals surface area contributed by atoms with E-state index in [1.54, 1.807) is 0 Å². The Hall–Kier alpha value is -3.15. The van der Waals surface area contributed by atoms with Gasteiger partial charge in [0.15, 0.2) is 0 Å². The van der Waals surface area contributed by atoms with Gasteiger partial charge in [-0.05, 0) is 49.2 Å². The normalized spacial score (nSPS) is 11.9. The number of nitrogens with one attached hydrogen (secondary N) is 1. The van der Waals surface area contributed by atoms with E-state index in [4.69, 9.17) is 14.4 Å². The average Bonchev–Trinajstić information content (AvgIpc) is 3.11. The molecule has 0 aliphatic rings. The van der Waals surface area contributed by atoms with Crippen LogP contribution in [-0.4, -0.2) is 16.7 Å². The molecule has 0 saturated carbocycles. The van der Waals surface area contributed by atoms with Crippen LogP contribution in [0.5, 0.6) is 5.75 Å². The van der Waals surface area contributed by atoms with Crippen molar-refractivity contribution in [2.75, 3.05) is 6.54 Å². The quantitative estimate of drug-likeness (QED) is 0.419. The highest BCUT2D eigenvalue weighted by molar-refractivity contribution is 5.66. The molecule has 0 unspecified atom stereocenters. The van der Waals surface area contributed by atoms with Gasteiger partial charge in [0.1, 0.15) is 23.8 Å². The lowest BCUT2D eigenvalue weighted by Gasteiger charge is -2.07. The van der Waals surface area contributed by atoms with Crippen LogP contribution in [0.15, 0.2) is 77.2 Å². The summed E-state index contributed by atoms with van der Waals surface area (Å²) in [6.07, 6.45) is 5.72. The van der Waals surface area contributed by atoms with Crippen molar-refractivity contribution < 1.29 is 14.4 Å². The van der Waals surface area contributed by atoms with E-state index in [-0.39, 0.29) is 0 Å². The van der Waals surface area contributed by atoms with Gasteiger partial charge in [0.05, 0.1) is 0 Å². The van der Waals surface area contributed by atoms with Crippen molar-refractivity contribution in [2.45, 2.75) is 20.5 Å². The number of allylic oxidation sites excluding steroid dienone is 3. The highest BCUT2D eigenvalue weighted by Crippen LogP contribution is 2.24. The molecule has 0 atom stereocenters. The van der Waals surface area contributed by atoms with Crippen molar-refractivity contribution in [1.82, 2.24) is 10.5 Å². The number of hydroxylamine groups is 1. The number of aromatic nitrogens is 1. The number of aryl methyl sites for hydroxylation is 1. The van der Waals surface area contributed by atoms with Gasteiger partial charge >= 0.3 is 0 Å². The predicted octanol–water partition coefficient (Wildman–Crippen LogP) is 5.17. The summed E-state index contributed by atoms with van der Waals surface area (Å²) in [5.41, 5.74) is 6.00. The van der Waals surface area contributed by atoms with Crippen molar-refractivity contribution in [1.29, 1.82) is 0 Å². The van der Waals surface area contributed by atoms with E-state index in [0.717, 1.165) is 33.9 Å². The lowest BCUT2D eigenvalue weighted by atomic mass is 10.1. The summed E-state index contributed by atoms with van der Waals surface area (Å²) < 4.78 is 11.7. The van der Waals surface area contributed by atoms with Gasteiger partial charge in [0, 0.05) is 12.1 Å². The van der Waals surface area contributed by atoms with E-state index in [0.29, 0.717) is 19.0 Å².